The number of H-pyrrole nitrogens is 1. The Labute approximate surface area is 97.8 Å². The van der Waals surface area contributed by atoms with E-state index in [9.17, 15) is 4.79 Å². The highest BCUT2D eigenvalue weighted by Crippen LogP contribution is 2.10. The molecular weight excluding hydrogens is 200 g/mol. The Hall–Kier alpha value is -0.990. The molecule has 92 valence electrons. The van der Waals surface area contributed by atoms with Crippen molar-refractivity contribution in [1.29, 1.82) is 0 Å². The van der Waals surface area contributed by atoms with Crippen molar-refractivity contribution in [3.8, 4) is 0 Å². The lowest BCUT2D eigenvalue weighted by atomic mass is 10.0. The van der Waals surface area contributed by atoms with Crippen LogP contribution in [0.15, 0.2) is 4.79 Å². The van der Waals surface area contributed by atoms with Gasteiger partial charge in [-0.2, -0.15) is 0 Å². The molecule has 0 unspecified atom stereocenters. The third-order valence-corrected chi connectivity index (χ3v) is 2.65. The predicted octanol–water partition coefficient (Wildman–Crippen LogP) is 2.59. The molecule has 0 aliphatic carbocycles. The SMILES string of the molecule is CCc1c(CC(C)C)[nH]n(CC(C)C)c1=O. The van der Waals surface area contributed by atoms with E-state index in [0.29, 0.717) is 11.8 Å². The van der Waals surface area contributed by atoms with Crippen LogP contribution in [0.2, 0.25) is 0 Å². The quantitative estimate of drug-likeness (QED) is 0.820. The summed E-state index contributed by atoms with van der Waals surface area (Å²) in [6.45, 7) is 11.4. The zero-order valence-corrected chi connectivity index (χ0v) is 11.1. The molecule has 0 aromatic carbocycles. The number of nitrogens with zero attached hydrogens (tertiary/aromatic N) is 1. The Morgan fingerprint density at radius 3 is 2.25 bits per heavy atom. The van der Waals surface area contributed by atoms with Gasteiger partial charge in [-0.1, -0.05) is 34.6 Å². The number of rotatable bonds is 5. The fourth-order valence-corrected chi connectivity index (χ4v) is 2.01. The number of nitrogens with one attached hydrogen (secondary N) is 1. The Morgan fingerprint density at radius 1 is 1.19 bits per heavy atom. The topological polar surface area (TPSA) is 37.8 Å². The third kappa shape index (κ3) is 3.00. The molecule has 0 radical (unpaired) electrons. The zero-order chi connectivity index (χ0) is 12.3. The highest BCUT2D eigenvalue weighted by atomic mass is 16.1. The molecule has 0 aliphatic heterocycles. The van der Waals surface area contributed by atoms with Crippen LogP contribution >= 0.6 is 0 Å². The van der Waals surface area contributed by atoms with Crippen LogP contribution in [0.4, 0.5) is 0 Å². The molecule has 0 spiro atoms. The molecule has 0 bridgehead atoms. The standard InChI is InChI=1S/C13H24N2O/c1-6-11-12(7-9(2)3)14-15(13(11)16)8-10(4)5/h9-10,14H,6-8H2,1-5H3. The van der Waals surface area contributed by atoms with Crippen molar-refractivity contribution >= 4 is 0 Å². The van der Waals surface area contributed by atoms with Gasteiger partial charge in [0.15, 0.2) is 0 Å². The smallest absolute Gasteiger partial charge is 0.269 e. The minimum Gasteiger partial charge on any atom is -0.299 e. The Kier molecular flexibility index (Phi) is 4.39. The van der Waals surface area contributed by atoms with Crippen LogP contribution in [-0.4, -0.2) is 9.78 Å². The van der Waals surface area contributed by atoms with Crippen LogP contribution in [0, 0.1) is 11.8 Å². The lowest BCUT2D eigenvalue weighted by molar-refractivity contribution is 0.467. The van der Waals surface area contributed by atoms with Gasteiger partial charge in [0.1, 0.15) is 0 Å². The van der Waals surface area contributed by atoms with Gasteiger partial charge >= 0.3 is 0 Å². The summed E-state index contributed by atoms with van der Waals surface area (Å²) in [5.41, 5.74) is 2.27. The van der Waals surface area contributed by atoms with E-state index >= 15 is 0 Å². The van der Waals surface area contributed by atoms with E-state index in [0.717, 1.165) is 30.6 Å². The second-order valence-electron chi connectivity index (χ2n) is 5.33. The third-order valence-electron chi connectivity index (χ3n) is 2.65. The van der Waals surface area contributed by atoms with Gasteiger partial charge in [-0.25, -0.2) is 0 Å². The van der Waals surface area contributed by atoms with E-state index in [4.69, 9.17) is 0 Å². The Balaban J connectivity index is 3.05. The summed E-state index contributed by atoms with van der Waals surface area (Å²) in [4.78, 5) is 12.1. The van der Waals surface area contributed by atoms with E-state index < -0.39 is 0 Å². The maximum Gasteiger partial charge on any atom is 0.269 e. The first-order valence-corrected chi connectivity index (χ1v) is 6.26. The summed E-state index contributed by atoms with van der Waals surface area (Å²) in [5.74, 6) is 1.07. The molecule has 1 aromatic heterocycles. The molecule has 0 saturated heterocycles. The van der Waals surface area contributed by atoms with E-state index in [2.05, 4.69) is 32.8 Å². The summed E-state index contributed by atoms with van der Waals surface area (Å²) in [5, 5.41) is 3.27. The summed E-state index contributed by atoms with van der Waals surface area (Å²) < 4.78 is 1.77. The van der Waals surface area contributed by atoms with Crippen LogP contribution in [0.3, 0.4) is 0 Å². The van der Waals surface area contributed by atoms with Gasteiger partial charge in [0.2, 0.25) is 0 Å². The second-order valence-corrected chi connectivity index (χ2v) is 5.33. The van der Waals surface area contributed by atoms with Crippen LogP contribution in [0.25, 0.3) is 0 Å². The predicted molar refractivity (Wildman–Crippen MR) is 67.8 cm³/mol. The van der Waals surface area contributed by atoms with Crippen molar-refractivity contribution in [3.63, 3.8) is 0 Å². The van der Waals surface area contributed by atoms with Crippen LogP contribution in [-0.2, 0) is 19.4 Å². The van der Waals surface area contributed by atoms with E-state index in [1.54, 1.807) is 4.68 Å². The van der Waals surface area contributed by atoms with Gasteiger partial charge in [-0.3, -0.25) is 14.6 Å². The molecule has 0 atom stereocenters. The van der Waals surface area contributed by atoms with Crippen molar-refractivity contribution in [1.82, 2.24) is 9.78 Å². The molecule has 1 aromatic rings. The lowest BCUT2D eigenvalue weighted by Gasteiger charge is -2.05. The van der Waals surface area contributed by atoms with Crippen molar-refractivity contribution in [2.75, 3.05) is 0 Å². The first kappa shape index (κ1) is 13.1. The Morgan fingerprint density at radius 2 is 1.81 bits per heavy atom. The molecule has 1 heterocycles. The molecule has 3 heteroatoms. The minimum absolute atomic E-state index is 0.173. The number of aromatic amines is 1. The summed E-state index contributed by atoms with van der Waals surface area (Å²) in [7, 11) is 0. The molecule has 3 nitrogen and oxygen atoms in total. The second kappa shape index (κ2) is 5.37. The fraction of sp³-hybridized carbons (Fsp3) is 0.769. The summed E-state index contributed by atoms with van der Waals surface area (Å²) in [6.07, 6.45) is 1.78. The summed E-state index contributed by atoms with van der Waals surface area (Å²) in [6, 6.07) is 0. The zero-order valence-electron chi connectivity index (χ0n) is 11.1. The number of hydrogen-bond donors (Lipinski definition) is 1. The fourth-order valence-electron chi connectivity index (χ4n) is 2.01. The van der Waals surface area contributed by atoms with Crippen molar-refractivity contribution in [2.24, 2.45) is 11.8 Å². The van der Waals surface area contributed by atoms with E-state index in [1.807, 2.05) is 6.92 Å². The lowest BCUT2D eigenvalue weighted by Crippen LogP contribution is -2.21. The van der Waals surface area contributed by atoms with Gasteiger partial charge in [0.25, 0.3) is 5.56 Å². The first-order chi connectivity index (χ1) is 7.45. The number of hydrogen-bond acceptors (Lipinski definition) is 1. The monoisotopic (exact) mass is 224 g/mol. The molecule has 1 rings (SSSR count). The van der Waals surface area contributed by atoms with Gasteiger partial charge < -0.3 is 0 Å². The normalized spacial score (nSPS) is 11.7. The van der Waals surface area contributed by atoms with Gasteiger partial charge in [0.05, 0.1) is 0 Å². The average Bonchev–Trinajstić information content (AvgIpc) is 2.41. The molecule has 0 fully saturated rings. The number of aromatic nitrogens is 2. The van der Waals surface area contributed by atoms with Gasteiger partial charge in [0, 0.05) is 17.8 Å². The van der Waals surface area contributed by atoms with Crippen molar-refractivity contribution < 1.29 is 0 Å². The maximum absolute atomic E-state index is 12.1. The minimum atomic E-state index is 0.173. The molecule has 0 saturated carbocycles. The van der Waals surface area contributed by atoms with Crippen LogP contribution in [0.1, 0.15) is 45.9 Å². The maximum atomic E-state index is 12.1. The van der Waals surface area contributed by atoms with Crippen LogP contribution < -0.4 is 5.56 Å². The molecule has 1 N–H and O–H groups in total. The highest BCUT2D eigenvalue weighted by Gasteiger charge is 2.13. The highest BCUT2D eigenvalue weighted by molar-refractivity contribution is 5.17. The van der Waals surface area contributed by atoms with Crippen molar-refractivity contribution in [3.05, 3.63) is 21.6 Å². The largest absolute Gasteiger partial charge is 0.299 e. The molecular formula is C13H24N2O. The molecule has 0 aliphatic rings. The molecule has 0 amide bonds. The molecule has 16 heavy (non-hydrogen) atoms. The Bertz CT molecular complexity index is 385. The van der Waals surface area contributed by atoms with E-state index in [1.165, 1.54) is 0 Å². The van der Waals surface area contributed by atoms with Crippen LogP contribution in [0.5, 0.6) is 0 Å². The average molecular weight is 224 g/mol. The first-order valence-electron chi connectivity index (χ1n) is 6.26. The van der Waals surface area contributed by atoms with E-state index in [-0.39, 0.29) is 5.56 Å². The van der Waals surface area contributed by atoms with Crippen molar-refractivity contribution in [2.45, 2.75) is 54.0 Å². The summed E-state index contributed by atoms with van der Waals surface area (Å²) >= 11 is 0. The van der Waals surface area contributed by atoms with Gasteiger partial charge in [-0.15, -0.1) is 0 Å². The van der Waals surface area contributed by atoms with Gasteiger partial charge in [-0.05, 0) is 24.7 Å².